The van der Waals surface area contributed by atoms with Crippen LogP contribution in [0.1, 0.15) is 54.0 Å². The van der Waals surface area contributed by atoms with Gasteiger partial charge in [0.05, 0.1) is 0 Å². The zero-order valence-electron chi connectivity index (χ0n) is 19.7. The van der Waals surface area contributed by atoms with Crippen molar-refractivity contribution < 1.29 is 9.90 Å². The number of hydrogen-bond donors (Lipinski definition) is 2. The van der Waals surface area contributed by atoms with Crippen molar-refractivity contribution in [3.63, 3.8) is 0 Å². The Labute approximate surface area is 198 Å². The van der Waals surface area contributed by atoms with Gasteiger partial charge in [0.1, 0.15) is 11.3 Å². The number of hydrogen-bond acceptors (Lipinski definition) is 5. The van der Waals surface area contributed by atoms with Crippen LogP contribution in [0.25, 0.3) is 22.6 Å². The number of carboxylic acids is 1. The van der Waals surface area contributed by atoms with Gasteiger partial charge in [0.2, 0.25) is 5.82 Å². The van der Waals surface area contributed by atoms with Crippen LogP contribution in [0, 0.1) is 12.8 Å². The molecule has 2 heterocycles. The summed E-state index contributed by atoms with van der Waals surface area (Å²) in [5.41, 5.74) is 5.62. The summed E-state index contributed by atoms with van der Waals surface area (Å²) >= 11 is 0. The summed E-state index contributed by atoms with van der Waals surface area (Å²) in [6, 6.07) is 16.9. The first-order chi connectivity index (χ1) is 16.4. The Morgan fingerprint density at radius 2 is 1.85 bits per heavy atom. The molecule has 174 valence electrons. The van der Waals surface area contributed by atoms with E-state index in [4.69, 9.17) is 4.98 Å². The first-order valence-corrected chi connectivity index (χ1v) is 11.9. The molecule has 0 radical (unpaired) electrons. The lowest BCUT2D eigenvalue weighted by Crippen LogP contribution is -2.20. The van der Waals surface area contributed by atoms with E-state index in [2.05, 4.69) is 64.0 Å². The van der Waals surface area contributed by atoms with Gasteiger partial charge in [-0.15, -0.1) is 0 Å². The molecule has 0 saturated heterocycles. The van der Waals surface area contributed by atoms with Crippen LogP contribution in [0.5, 0.6) is 0 Å². The van der Waals surface area contributed by atoms with Crippen LogP contribution in [0.2, 0.25) is 0 Å². The monoisotopic (exact) mass is 455 g/mol. The second-order valence-corrected chi connectivity index (χ2v) is 9.20. The number of anilines is 1. The second kappa shape index (κ2) is 8.89. The predicted octanol–water partition coefficient (Wildman–Crippen LogP) is 5.32. The number of carbonyl (C=O) groups is 1. The molecule has 0 bridgehead atoms. The molecule has 0 aliphatic heterocycles. The molecule has 1 aliphatic rings. The Kier molecular flexibility index (Phi) is 5.77. The smallest absolute Gasteiger partial charge is 0.374 e. The molecule has 1 fully saturated rings. The van der Waals surface area contributed by atoms with E-state index >= 15 is 0 Å². The average Bonchev–Trinajstić information content (AvgIpc) is 3.62. The standard InChI is InChI=1S/C27H29N5O2/c1-4-18-8-10-19(11-9-18)15-32-22-23(28-17(3)20-12-13-20)29-25(27(33)34)30-24(22)31-26(32)21-7-5-6-16(2)14-21/h5-11,14,17,20H,4,12-13,15H2,1-3H3,(H,33,34)(H,28,29,30). The molecule has 2 aromatic carbocycles. The van der Waals surface area contributed by atoms with Gasteiger partial charge >= 0.3 is 5.97 Å². The fourth-order valence-electron chi connectivity index (χ4n) is 4.38. The SMILES string of the molecule is CCc1ccc(Cn2c(-c3cccc(C)c3)nc3nc(C(=O)O)nc(NC(C)C4CC4)c32)cc1. The summed E-state index contributed by atoms with van der Waals surface area (Å²) in [7, 11) is 0. The van der Waals surface area contributed by atoms with Gasteiger partial charge in [-0.05, 0) is 56.2 Å². The third-order valence-electron chi connectivity index (χ3n) is 6.54. The van der Waals surface area contributed by atoms with Crippen LogP contribution in [-0.4, -0.2) is 36.6 Å². The van der Waals surface area contributed by atoms with Gasteiger partial charge in [0.15, 0.2) is 11.5 Å². The molecule has 0 spiro atoms. The van der Waals surface area contributed by atoms with Crippen LogP contribution in [0.15, 0.2) is 48.5 Å². The number of nitrogens with zero attached hydrogens (tertiary/aromatic N) is 4. The number of fused-ring (bicyclic) bond motifs is 1. The van der Waals surface area contributed by atoms with Gasteiger partial charge in [0.25, 0.3) is 0 Å². The first kappa shape index (κ1) is 22.1. The number of imidazole rings is 1. The number of nitrogens with one attached hydrogen (secondary N) is 1. The Morgan fingerprint density at radius 3 is 2.50 bits per heavy atom. The van der Waals surface area contributed by atoms with Crippen molar-refractivity contribution >= 4 is 23.0 Å². The lowest BCUT2D eigenvalue weighted by atomic mass is 10.1. The number of aromatic carboxylic acids is 1. The fraction of sp³-hybridized carbons (Fsp3) is 0.333. The Morgan fingerprint density at radius 1 is 1.12 bits per heavy atom. The summed E-state index contributed by atoms with van der Waals surface area (Å²) in [6.45, 7) is 6.89. The zero-order valence-corrected chi connectivity index (χ0v) is 19.7. The third-order valence-corrected chi connectivity index (χ3v) is 6.54. The van der Waals surface area contributed by atoms with Crippen LogP contribution >= 0.6 is 0 Å². The number of aromatic nitrogens is 4. The van der Waals surface area contributed by atoms with Gasteiger partial charge in [-0.25, -0.2) is 19.7 Å². The van der Waals surface area contributed by atoms with Crippen molar-refractivity contribution in [2.45, 2.75) is 52.6 Å². The molecule has 2 aromatic heterocycles. The van der Waals surface area contributed by atoms with E-state index < -0.39 is 5.97 Å². The normalized spacial score (nSPS) is 14.3. The van der Waals surface area contributed by atoms with E-state index in [-0.39, 0.29) is 11.9 Å². The highest BCUT2D eigenvalue weighted by molar-refractivity contribution is 5.92. The van der Waals surface area contributed by atoms with Gasteiger partial charge in [-0.3, -0.25) is 0 Å². The summed E-state index contributed by atoms with van der Waals surface area (Å²) in [5.74, 6) is 0.444. The maximum atomic E-state index is 11.8. The van der Waals surface area contributed by atoms with Crippen molar-refractivity contribution in [1.29, 1.82) is 0 Å². The second-order valence-electron chi connectivity index (χ2n) is 9.20. The molecule has 2 N–H and O–H groups in total. The highest BCUT2D eigenvalue weighted by Gasteiger charge is 2.30. The molecule has 1 atom stereocenters. The quantitative estimate of drug-likeness (QED) is 0.373. The largest absolute Gasteiger partial charge is 0.475 e. The number of rotatable bonds is 8. The average molecular weight is 456 g/mol. The van der Waals surface area contributed by atoms with Gasteiger partial charge < -0.3 is 15.0 Å². The topological polar surface area (TPSA) is 92.9 Å². The van der Waals surface area contributed by atoms with Gasteiger partial charge in [0, 0.05) is 18.2 Å². The molecule has 34 heavy (non-hydrogen) atoms. The molecule has 0 amide bonds. The summed E-state index contributed by atoms with van der Waals surface area (Å²) in [6.07, 6.45) is 3.33. The lowest BCUT2D eigenvalue weighted by molar-refractivity contribution is 0.0684. The maximum absolute atomic E-state index is 11.8. The van der Waals surface area contributed by atoms with Crippen molar-refractivity contribution in [3.8, 4) is 11.4 Å². The van der Waals surface area contributed by atoms with E-state index in [1.54, 1.807) is 0 Å². The van der Waals surface area contributed by atoms with Crippen LogP contribution < -0.4 is 5.32 Å². The first-order valence-electron chi connectivity index (χ1n) is 11.9. The predicted molar refractivity (Wildman–Crippen MR) is 133 cm³/mol. The summed E-state index contributed by atoms with van der Waals surface area (Å²) in [5, 5.41) is 13.1. The molecule has 7 heteroatoms. The molecule has 4 aromatic rings. The molecule has 5 rings (SSSR count). The molecular formula is C27H29N5O2. The molecule has 1 saturated carbocycles. The minimum Gasteiger partial charge on any atom is -0.475 e. The minimum atomic E-state index is -1.16. The molecule has 7 nitrogen and oxygen atoms in total. The van der Waals surface area contributed by atoms with E-state index in [1.807, 2.05) is 25.1 Å². The fourth-order valence-corrected chi connectivity index (χ4v) is 4.38. The zero-order chi connectivity index (χ0) is 23.8. The molecule has 1 unspecified atom stereocenters. The maximum Gasteiger partial charge on any atom is 0.374 e. The number of aryl methyl sites for hydroxylation is 2. The van der Waals surface area contributed by atoms with Crippen molar-refractivity contribution in [1.82, 2.24) is 19.5 Å². The lowest BCUT2D eigenvalue weighted by Gasteiger charge is -2.17. The van der Waals surface area contributed by atoms with Gasteiger partial charge in [-0.2, -0.15) is 0 Å². The van der Waals surface area contributed by atoms with Crippen molar-refractivity contribution in [3.05, 3.63) is 71.0 Å². The Bertz CT molecular complexity index is 1360. The minimum absolute atomic E-state index is 0.189. The summed E-state index contributed by atoms with van der Waals surface area (Å²) in [4.78, 5) is 25.4. The van der Waals surface area contributed by atoms with E-state index in [0.29, 0.717) is 23.9 Å². The summed E-state index contributed by atoms with van der Waals surface area (Å²) < 4.78 is 2.11. The van der Waals surface area contributed by atoms with Crippen LogP contribution in [-0.2, 0) is 13.0 Å². The number of carboxylic acid groups (broad SMARTS) is 1. The van der Waals surface area contributed by atoms with Crippen LogP contribution in [0.4, 0.5) is 5.82 Å². The highest BCUT2D eigenvalue weighted by Crippen LogP contribution is 2.36. The molecular weight excluding hydrogens is 426 g/mol. The molecule has 1 aliphatic carbocycles. The van der Waals surface area contributed by atoms with E-state index in [1.165, 1.54) is 18.4 Å². The Hall–Kier alpha value is -3.74. The van der Waals surface area contributed by atoms with E-state index in [0.717, 1.165) is 34.5 Å². The van der Waals surface area contributed by atoms with E-state index in [9.17, 15) is 9.90 Å². The van der Waals surface area contributed by atoms with Gasteiger partial charge in [-0.1, -0.05) is 55.0 Å². The van der Waals surface area contributed by atoms with Crippen molar-refractivity contribution in [2.24, 2.45) is 5.92 Å². The van der Waals surface area contributed by atoms with Crippen LogP contribution in [0.3, 0.4) is 0 Å². The third kappa shape index (κ3) is 4.38. The van der Waals surface area contributed by atoms with Crippen molar-refractivity contribution in [2.75, 3.05) is 5.32 Å². The highest BCUT2D eigenvalue weighted by atomic mass is 16.4. The Balaban J connectivity index is 1.71. The number of benzene rings is 2.